The number of amides is 1. The van der Waals surface area contributed by atoms with Gasteiger partial charge in [0.2, 0.25) is 5.91 Å². The topological polar surface area (TPSA) is 40.5 Å². The third-order valence-electron chi connectivity index (χ3n) is 3.82. The summed E-state index contributed by atoms with van der Waals surface area (Å²) in [6.07, 6.45) is 4.05. The Kier molecular flexibility index (Phi) is 5.38. The first-order chi connectivity index (χ1) is 9.63. The van der Waals surface area contributed by atoms with Crippen LogP contribution in [0.15, 0.2) is 18.2 Å². The third-order valence-corrected chi connectivity index (χ3v) is 4.17. The molecular formula is C15H19ClFNO2. The lowest BCUT2D eigenvalue weighted by molar-refractivity contribution is -0.133. The molecular weight excluding hydrogens is 281 g/mol. The SMILES string of the molecule is O=C(Cc1c(F)cccc1Cl)N(CCO)C1CCCC1. The molecule has 1 aromatic carbocycles. The fourth-order valence-electron chi connectivity index (χ4n) is 2.79. The van der Waals surface area contributed by atoms with Crippen LogP contribution in [0.25, 0.3) is 0 Å². The summed E-state index contributed by atoms with van der Waals surface area (Å²) in [6, 6.07) is 4.58. The Bertz CT molecular complexity index is 455. The number of hydrogen-bond donors (Lipinski definition) is 1. The van der Waals surface area contributed by atoms with Crippen molar-refractivity contribution in [2.75, 3.05) is 13.2 Å². The average molecular weight is 300 g/mol. The summed E-state index contributed by atoms with van der Waals surface area (Å²) in [5.41, 5.74) is 0.236. The molecule has 1 N–H and O–H groups in total. The highest BCUT2D eigenvalue weighted by Crippen LogP contribution is 2.25. The summed E-state index contributed by atoms with van der Waals surface area (Å²) in [4.78, 5) is 14.1. The van der Waals surface area contributed by atoms with Gasteiger partial charge in [0, 0.05) is 23.2 Å². The number of aliphatic hydroxyl groups excluding tert-OH is 1. The Labute approximate surface area is 123 Å². The molecule has 1 saturated carbocycles. The van der Waals surface area contributed by atoms with E-state index in [-0.39, 0.29) is 35.6 Å². The zero-order valence-electron chi connectivity index (χ0n) is 11.3. The molecule has 2 rings (SSSR count). The standard InChI is InChI=1S/C15H19ClFNO2/c16-13-6-3-7-14(17)12(13)10-15(20)18(8-9-19)11-4-1-2-5-11/h3,6-7,11,19H,1-2,4-5,8-10H2. The van der Waals surface area contributed by atoms with Crippen molar-refractivity contribution in [3.05, 3.63) is 34.6 Å². The molecule has 1 fully saturated rings. The summed E-state index contributed by atoms with van der Waals surface area (Å²) in [6.45, 7) is 0.225. The van der Waals surface area contributed by atoms with Crippen molar-refractivity contribution in [1.82, 2.24) is 4.90 Å². The van der Waals surface area contributed by atoms with Gasteiger partial charge >= 0.3 is 0 Å². The molecule has 0 saturated heterocycles. The van der Waals surface area contributed by atoms with Crippen LogP contribution in [0.2, 0.25) is 5.02 Å². The molecule has 1 aromatic rings. The molecule has 1 aliphatic rings. The monoisotopic (exact) mass is 299 g/mol. The van der Waals surface area contributed by atoms with Crippen LogP contribution in [-0.4, -0.2) is 35.1 Å². The van der Waals surface area contributed by atoms with Crippen molar-refractivity contribution in [3.63, 3.8) is 0 Å². The van der Waals surface area contributed by atoms with E-state index in [1.807, 2.05) is 0 Å². The second-order valence-electron chi connectivity index (χ2n) is 5.13. The van der Waals surface area contributed by atoms with Crippen molar-refractivity contribution in [3.8, 4) is 0 Å². The molecule has 0 heterocycles. The van der Waals surface area contributed by atoms with Gasteiger partial charge in [-0.2, -0.15) is 0 Å². The predicted molar refractivity (Wildman–Crippen MR) is 76.2 cm³/mol. The number of hydrogen-bond acceptors (Lipinski definition) is 2. The highest BCUT2D eigenvalue weighted by Gasteiger charge is 2.27. The fourth-order valence-corrected chi connectivity index (χ4v) is 3.02. The quantitative estimate of drug-likeness (QED) is 0.908. The molecule has 0 spiro atoms. The molecule has 0 aliphatic heterocycles. The van der Waals surface area contributed by atoms with Crippen LogP contribution in [0.4, 0.5) is 4.39 Å². The Morgan fingerprint density at radius 3 is 2.70 bits per heavy atom. The van der Waals surface area contributed by atoms with Crippen molar-refractivity contribution < 1.29 is 14.3 Å². The second kappa shape index (κ2) is 7.04. The van der Waals surface area contributed by atoms with Crippen LogP contribution in [0.5, 0.6) is 0 Å². The molecule has 0 unspecified atom stereocenters. The summed E-state index contributed by atoms with van der Waals surface area (Å²) in [5.74, 6) is -0.626. The zero-order chi connectivity index (χ0) is 14.5. The second-order valence-corrected chi connectivity index (χ2v) is 5.53. The van der Waals surface area contributed by atoms with E-state index in [9.17, 15) is 9.18 Å². The molecule has 110 valence electrons. The maximum Gasteiger partial charge on any atom is 0.227 e. The number of rotatable bonds is 5. The molecule has 1 amide bonds. The average Bonchev–Trinajstić information content (AvgIpc) is 2.94. The third kappa shape index (κ3) is 3.49. The highest BCUT2D eigenvalue weighted by molar-refractivity contribution is 6.31. The number of halogens is 2. The minimum atomic E-state index is -0.457. The fraction of sp³-hybridized carbons (Fsp3) is 0.533. The maximum atomic E-state index is 13.7. The van der Waals surface area contributed by atoms with E-state index in [1.165, 1.54) is 12.1 Å². The largest absolute Gasteiger partial charge is 0.395 e. The first kappa shape index (κ1) is 15.3. The van der Waals surface area contributed by atoms with E-state index in [2.05, 4.69) is 0 Å². The Balaban J connectivity index is 2.11. The summed E-state index contributed by atoms with van der Waals surface area (Å²) >= 11 is 5.95. The smallest absolute Gasteiger partial charge is 0.227 e. The summed E-state index contributed by atoms with van der Waals surface area (Å²) in [7, 11) is 0. The Hall–Kier alpha value is -1.13. The maximum absolute atomic E-state index is 13.7. The molecule has 3 nitrogen and oxygen atoms in total. The van der Waals surface area contributed by atoms with Crippen LogP contribution < -0.4 is 0 Å². The number of aliphatic hydroxyl groups is 1. The van der Waals surface area contributed by atoms with Gasteiger partial charge in [0.1, 0.15) is 5.82 Å². The molecule has 0 radical (unpaired) electrons. The Morgan fingerprint density at radius 2 is 2.10 bits per heavy atom. The van der Waals surface area contributed by atoms with Gasteiger partial charge in [0.15, 0.2) is 0 Å². The highest BCUT2D eigenvalue weighted by atomic mass is 35.5. The minimum absolute atomic E-state index is 0.0536. The van der Waals surface area contributed by atoms with Crippen LogP contribution in [-0.2, 0) is 11.2 Å². The van der Waals surface area contributed by atoms with Gasteiger partial charge in [-0.3, -0.25) is 4.79 Å². The van der Waals surface area contributed by atoms with Crippen molar-refractivity contribution in [2.45, 2.75) is 38.1 Å². The lowest BCUT2D eigenvalue weighted by atomic mass is 10.1. The predicted octanol–water partition coefficient (Wildman–Crippen LogP) is 2.79. The van der Waals surface area contributed by atoms with Gasteiger partial charge in [-0.05, 0) is 25.0 Å². The lowest BCUT2D eigenvalue weighted by Gasteiger charge is -2.28. The normalized spacial score (nSPS) is 15.6. The van der Waals surface area contributed by atoms with Gasteiger partial charge in [-0.1, -0.05) is 30.5 Å². The van der Waals surface area contributed by atoms with Gasteiger partial charge < -0.3 is 10.0 Å². The molecule has 0 aromatic heterocycles. The van der Waals surface area contributed by atoms with Crippen molar-refractivity contribution in [2.24, 2.45) is 0 Å². The Morgan fingerprint density at radius 1 is 1.40 bits per heavy atom. The molecule has 1 aliphatic carbocycles. The first-order valence-corrected chi connectivity index (χ1v) is 7.34. The number of benzene rings is 1. The van der Waals surface area contributed by atoms with Gasteiger partial charge in [0.05, 0.1) is 13.0 Å². The number of nitrogens with zero attached hydrogens (tertiary/aromatic N) is 1. The van der Waals surface area contributed by atoms with Crippen LogP contribution >= 0.6 is 11.6 Å². The molecule has 0 bridgehead atoms. The summed E-state index contributed by atoms with van der Waals surface area (Å²) < 4.78 is 13.7. The number of carbonyl (C=O) groups is 1. The van der Waals surface area contributed by atoms with Crippen LogP contribution in [0.3, 0.4) is 0 Å². The van der Waals surface area contributed by atoms with E-state index >= 15 is 0 Å². The van der Waals surface area contributed by atoms with E-state index in [0.717, 1.165) is 25.7 Å². The van der Waals surface area contributed by atoms with Crippen LogP contribution in [0.1, 0.15) is 31.2 Å². The van der Waals surface area contributed by atoms with Gasteiger partial charge in [-0.25, -0.2) is 4.39 Å². The lowest BCUT2D eigenvalue weighted by Crippen LogP contribution is -2.41. The van der Waals surface area contributed by atoms with Crippen molar-refractivity contribution >= 4 is 17.5 Å². The van der Waals surface area contributed by atoms with E-state index in [1.54, 1.807) is 11.0 Å². The van der Waals surface area contributed by atoms with E-state index in [4.69, 9.17) is 16.7 Å². The zero-order valence-corrected chi connectivity index (χ0v) is 12.1. The molecule has 5 heteroatoms. The molecule has 20 heavy (non-hydrogen) atoms. The van der Waals surface area contributed by atoms with Gasteiger partial charge in [-0.15, -0.1) is 0 Å². The molecule has 0 atom stereocenters. The van der Waals surface area contributed by atoms with E-state index in [0.29, 0.717) is 6.54 Å². The number of carbonyl (C=O) groups excluding carboxylic acids is 1. The van der Waals surface area contributed by atoms with Crippen LogP contribution in [0, 0.1) is 5.82 Å². The first-order valence-electron chi connectivity index (χ1n) is 6.96. The summed E-state index contributed by atoms with van der Waals surface area (Å²) in [5, 5.41) is 9.40. The van der Waals surface area contributed by atoms with Crippen molar-refractivity contribution in [1.29, 1.82) is 0 Å². The van der Waals surface area contributed by atoms with E-state index < -0.39 is 5.82 Å². The minimum Gasteiger partial charge on any atom is -0.395 e. The van der Waals surface area contributed by atoms with Gasteiger partial charge in [0.25, 0.3) is 0 Å².